The van der Waals surface area contributed by atoms with Gasteiger partial charge in [-0.1, -0.05) is 20.3 Å². The van der Waals surface area contributed by atoms with Crippen LogP contribution in [0, 0.1) is 5.92 Å². The summed E-state index contributed by atoms with van der Waals surface area (Å²) in [6.07, 6.45) is 6.44. The number of hydrogen-bond acceptors (Lipinski definition) is 4. The van der Waals surface area contributed by atoms with Crippen molar-refractivity contribution in [3.63, 3.8) is 0 Å². The van der Waals surface area contributed by atoms with E-state index in [-0.39, 0.29) is 0 Å². The Morgan fingerprint density at radius 1 is 1.26 bits per heavy atom. The van der Waals surface area contributed by atoms with Gasteiger partial charge < -0.3 is 10.2 Å². The van der Waals surface area contributed by atoms with Gasteiger partial charge in [0, 0.05) is 18.3 Å². The van der Waals surface area contributed by atoms with E-state index < -0.39 is 0 Å². The SMILES string of the molecule is CCCc1cc(NCC2CCN(CC)CC2)ncn1. The fourth-order valence-corrected chi connectivity index (χ4v) is 2.64. The molecule has 106 valence electrons. The molecule has 0 saturated carbocycles. The molecule has 0 unspecified atom stereocenters. The highest BCUT2D eigenvalue weighted by molar-refractivity contribution is 5.34. The zero-order valence-electron chi connectivity index (χ0n) is 12.2. The molecule has 1 aromatic heterocycles. The van der Waals surface area contributed by atoms with Gasteiger partial charge in [-0.05, 0) is 44.8 Å². The molecule has 0 atom stereocenters. The highest BCUT2D eigenvalue weighted by atomic mass is 15.1. The van der Waals surface area contributed by atoms with Gasteiger partial charge in [0.1, 0.15) is 12.1 Å². The Morgan fingerprint density at radius 2 is 2.05 bits per heavy atom. The Balaban J connectivity index is 1.77. The van der Waals surface area contributed by atoms with Crippen LogP contribution in [0.25, 0.3) is 0 Å². The third-order valence-electron chi connectivity index (χ3n) is 3.96. The molecule has 0 spiro atoms. The molecule has 2 heterocycles. The zero-order valence-corrected chi connectivity index (χ0v) is 12.2. The standard InChI is InChI=1S/C15H26N4/c1-3-5-14-10-15(18-12-17-14)16-11-13-6-8-19(4-2)9-7-13/h10,12-13H,3-9,11H2,1-2H3,(H,16,17,18). The number of rotatable bonds is 6. The van der Waals surface area contributed by atoms with E-state index in [0.29, 0.717) is 0 Å². The van der Waals surface area contributed by atoms with E-state index in [1.54, 1.807) is 6.33 Å². The molecule has 2 rings (SSSR count). The summed E-state index contributed by atoms with van der Waals surface area (Å²) in [6, 6.07) is 2.09. The lowest BCUT2D eigenvalue weighted by molar-refractivity contribution is 0.198. The molecule has 0 bridgehead atoms. The second kappa shape index (κ2) is 7.43. The van der Waals surface area contributed by atoms with Crippen LogP contribution >= 0.6 is 0 Å². The molecule has 1 saturated heterocycles. The van der Waals surface area contributed by atoms with Crippen LogP contribution in [-0.2, 0) is 6.42 Å². The molecule has 1 fully saturated rings. The number of nitrogens with zero attached hydrogens (tertiary/aromatic N) is 3. The molecule has 4 nitrogen and oxygen atoms in total. The minimum Gasteiger partial charge on any atom is -0.370 e. The summed E-state index contributed by atoms with van der Waals surface area (Å²) >= 11 is 0. The Hall–Kier alpha value is -1.16. The minimum absolute atomic E-state index is 0.785. The maximum absolute atomic E-state index is 4.30. The van der Waals surface area contributed by atoms with Crippen LogP contribution in [0.5, 0.6) is 0 Å². The lowest BCUT2D eigenvalue weighted by Crippen LogP contribution is -2.35. The third kappa shape index (κ3) is 4.46. The van der Waals surface area contributed by atoms with Gasteiger partial charge in [0.15, 0.2) is 0 Å². The number of likely N-dealkylation sites (tertiary alicyclic amines) is 1. The molecule has 19 heavy (non-hydrogen) atoms. The molecule has 0 aromatic carbocycles. The maximum atomic E-state index is 4.30. The largest absolute Gasteiger partial charge is 0.370 e. The van der Waals surface area contributed by atoms with Crippen molar-refractivity contribution in [1.82, 2.24) is 14.9 Å². The van der Waals surface area contributed by atoms with Crippen LogP contribution in [-0.4, -0.2) is 41.0 Å². The summed E-state index contributed by atoms with van der Waals surface area (Å²) in [4.78, 5) is 11.1. The summed E-state index contributed by atoms with van der Waals surface area (Å²) in [5, 5.41) is 3.48. The fraction of sp³-hybridized carbons (Fsp3) is 0.733. The molecule has 1 aromatic rings. The molecule has 1 N–H and O–H groups in total. The molecule has 4 heteroatoms. The van der Waals surface area contributed by atoms with E-state index in [1.165, 1.54) is 32.5 Å². The van der Waals surface area contributed by atoms with Gasteiger partial charge in [0.05, 0.1) is 0 Å². The third-order valence-corrected chi connectivity index (χ3v) is 3.96. The zero-order chi connectivity index (χ0) is 13.5. The second-order valence-corrected chi connectivity index (χ2v) is 5.40. The normalized spacial score (nSPS) is 17.6. The summed E-state index contributed by atoms with van der Waals surface area (Å²) in [5.41, 5.74) is 1.14. The number of piperidine rings is 1. The Bertz CT molecular complexity index is 372. The van der Waals surface area contributed by atoms with E-state index in [0.717, 1.165) is 36.8 Å². The molecular formula is C15H26N4. The number of anilines is 1. The first-order chi connectivity index (χ1) is 9.31. The summed E-state index contributed by atoms with van der Waals surface area (Å²) < 4.78 is 0. The van der Waals surface area contributed by atoms with Crippen molar-refractivity contribution in [3.05, 3.63) is 18.1 Å². The first kappa shape index (κ1) is 14.3. The highest BCUT2D eigenvalue weighted by Gasteiger charge is 2.17. The van der Waals surface area contributed by atoms with Crippen molar-refractivity contribution in [1.29, 1.82) is 0 Å². The quantitative estimate of drug-likeness (QED) is 0.855. The minimum atomic E-state index is 0.785. The average molecular weight is 262 g/mol. The lowest BCUT2D eigenvalue weighted by Gasteiger charge is -2.31. The van der Waals surface area contributed by atoms with Gasteiger partial charge in [-0.3, -0.25) is 0 Å². The van der Waals surface area contributed by atoms with Gasteiger partial charge in [0.2, 0.25) is 0 Å². The van der Waals surface area contributed by atoms with E-state index in [4.69, 9.17) is 0 Å². The first-order valence-corrected chi connectivity index (χ1v) is 7.59. The van der Waals surface area contributed by atoms with Crippen LogP contribution < -0.4 is 5.32 Å². The predicted molar refractivity (Wildman–Crippen MR) is 79.4 cm³/mol. The van der Waals surface area contributed by atoms with Crippen molar-refractivity contribution in [2.24, 2.45) is 5.92 Å². The number of aryl methyl sites for hydroxylation is 1. The lowest BCUT2D eigenvalue weighted by atomic mass is 9.97. The van der Waals surface area contributed by atoms with E-state index in [1.807, 2.05) is 0 Å². The summed E-state index contributed by atoms with van der Waals surface area (Å²) in [7, 11) is 0. The summed E-state index contributed by atoms with van der Waals surface area (Å²) in [5.74, 6) is 1.77. The van der Waals surface area contributed by atoms with Crippen molar-refractivity contribution >= 4 is 5.82 Å². The smallest absolute Gasteiger partial charge is 0.129 e. The van der Waals surface area contributed by atoms with Gasteiger partial charge in [0.25, 0.3) is 0 Å². The second-order valence-electron chi connectivity index (χ2n) is 5.40. The predicted octanol–water partition coefficient (Wildman–Crippen LogP) is 2.57. The number of aromatic nitrogens is 2. The number of hydrogen-bond donors (Lipinski definition) is 1. The topological polar surface area (TPSA) is 41.0 Å². The molecular weight excluding hydrogens is 236 g/mol. The summed E-state index contributed by atoms with van der Waals surface area (Å²) in [6.45, 7) is 9.14. The molecule has 0 aliphatic carbocycles. The van der Waals surface area contributed by atoms with Crippen molar-refractivity contribution < 1.29 is 0 Å². The maximum Gasteiger partial charge on any atom is 0.129 e. The van der Waals surface area contributed by atoms with Crippen molar-refractivity contribution in [2.45, 2.75) is 39.5 Å². The van der Waals surface area contributed by atoms with Gasteiger partial charge in [-0.15, -0.1) is 0 Å². The Labute approximate surface area is 116 Å². The number of nitrogens with one attached hydrogen (secondary N) is 1. The molecule has 0 amide bonds. The monoisotopic (exact) mass is 262 g/mol. The molecule has 1 aliphatic rings. The van der Waals surface area contributed by atoms with Gasteiger partial charge >= 0.3 is 0 Å². The van der Waals surface area contributed by atoms with Crippen molar-refractivity contribution in [2.75, 3.05) is 31.5 Å². The van der Waals surface area contributed by atoms with Gasteiger partial charge in [-0.25, -0.2) is 9.97 Å². The van der Waals surface area contributed by atoms with E-state index in [2.05, 4.69) is 40.1 Å². The van der Waals surface area contributed by atoms with E-state index >= 15 is 0 Å². The fourth-order valence-electron chi connectivity index (χ4n) is 2.64. The first-order valence-electron chi connectivity index (χ1n) is 7.59. The van der Waals surface area contributed by atoms with Gasteiger partial charge in [-0.2, -0.15) is 0 Å². The van der Waals surface area contributed by atoms with Crippen molar-refractivity contribution in [3.8, 4) is 0 Å². The average Bonchev–Trinajstić information content (AvgIpc) is 2.46. The van der Waals surface area contributed by atoms with Crippen LogP contribution in [0.3, 0.4) is 0 Å². The Kier molecular flexibility index (Phi) is 5.58. The molecule has 0 radical (unpaired) electrons. The van der Waals surface area contributed by atoms with Crippen LogP contribution in [0.4, 0.5) is 5.82 Å². The Morgan fingerprint density at radius 3 is 2.74 bits per heavy atom. The van der Waals surface area contributed by atoms with Crippen LogP contribution in [0.1, 0.15) is 38.8 Å². The van der Waals surface area contributed by atoms with E-state index in [9.17, 15) is 0 Å². The molecule has 1 aliphatic heterocycles. The van der Waals surface area contributed by atoms with Crippen LogP contribution in [0.2, 0.25) is 0 Å². The van der Waals surface area contributed by atoms with Crippen LogP contribution in [0.15, 0.2) is 12.4 Å². The highest BCUT2D eigenvalue weighted by Crippen LogP contribution is 2.17.